The quantitative estimate of drug-likeness (QED) is 0.124. The molecule has 2 aromatic carbocycles. The molecule has 10 heteroatoms. The lowest BCUT2D eigenvalue weighted by molar-refractivity contribution is -0.154. The lowest BCUT2D eigenvalue weighted by atomic mass is 9.60. The third-order valence-corrected chi connectivity index (χ3v) is 14.1. The number of esters is 2. The van der Waals surface area contributed by atoms with Gasteiger partial charge in [-0.05, 0) is 121 Å². The van der Waals surface area contributed by atoms with Crippen molar-refractivity contribution in [3.8, 4) is 0 Å². The molecule has 2 saturated heterocycles. The molecule has 4 aromatic rings. The highest BCUT2D eigenvalue weighted by Crippen LogP contribution is 2.54. The Balaban J connectivity index is 0.000000145. The van der Waals surface area contributed by atoms with Crippen LogP contribution in [-0.4, -0.2) is 91.3 Å². The minimum absolute atomic E-state index is 0.0809. The fourth-order valence-corrected chi connectivity index (χ4v) is 12.1. The van der Waals surface area contributed by atoms with Crippen LogP contribution in [0.15, 0.2) is 59.7 Å². The van der Waals surface area contributed by atoms with Crippen molar-refractivity contribution in [2.75, 3.05) is 47.6 Å². The second-order valence-electron chi connectivity index (χ2n) is 16.0. The maximum Gasteiger partial charge on any atom is 0.319 e. The van der Waals surface area contributed by atoms with E-state index in [9.17, 15) is 14.0 Å². The number of halogens is 2. The minimum Gasteiger partial charge on any atom is -0.468 e. The monoisotopic (exact) mass is 847 g/mol. The second kappa shape index (κ2) is 14.2. The van der Waals surface area contributed by atoms with E-state index in [-0.39, 0.29) is 24.0 Å². The normalized spacial score (nSPS) is 31.3. The van der Waals surface area contributed by atoms with E-state index in [4.69, 9.17) is 10.8 Å². The number of nitrogens with zero attached hydrogens (tertiary/aromatic N) is 2. The third kappa shape index (κ3) is 5.39. The predicted octanol–water partition coefficient (Wildman–Crippen LogP) is 7.85. The van der Waals surface area contributed by atoms with Gasteiger partial charge in [0.15, 0.2) is 0 Å². The highest BCUT2D eigenvalue weighted by atomic mass is 127. The van der Waals surface area contributed by atoms with E-state index in [0.717, 1.165) is 87.1 Å². The van der Waals surface area contributed by atoms with E-state index in [1.807, 2.05) is 0 Å². The number of hydrogen-bond donors (Lipinski definition) is 2. The predicted molar refractivity (Wildman–Crippen MR) is 220 cm³/mol. The summed E-state index contributed by atoms with van der Waals surface area (Å²) in [4.78, 5) is 39.0. The van der Waals surface area contributed by atoms with Crippen molar-refractivity contribution in [2.45, 2.75) is 82.2 Å². The molecule has 2 N–H and O–H groups in total. The maximum atomic E-state index is 13.3. The van der Waals surface area contributed by atoms with Gasteiger partial charge in [0.2, 0.25) is 0 Å². The summed E-state index contributed by atoms with van der Waals surface area (Å²) in [7, 11) is 2.07. The van der Waals surface area contributed by atoms with Gasteiger partial charge in [-0.25, -0.2) is 0 Å². The van der Waals surface area contributed by atoms with Crippen molar-refractivity contribution in [2.24, 2.45) is 11.8 Å². The molecule has 2 aromatic heterocycles. The molecule has 286 valence electrons. The number of benzene rings is 2. The first kappa shape index (κ1) is 36.2. The number of aryl methyl sites for hydroxylation is 1. The smallest absolute Gasteiger partial charge is 0.319 e. The van der Waals surface area contributed by atoms with Crippen LogP contribution in [0.5, 0.6) is 0 Å². The number of nitrogens with one attached hydrogen (secondary N) is 2. The van der Waals surface area contributed by atoms with Gasteiger partial charge < -0.3 is 19.4 Å². The number of carbonyl (C=O) groups excluding carboxylic acids is 2. The summed E-state index contributed by atoms with van der Waals surface area (Å²) >= 11 is 2.37. The van der Waals surface area contributed by atoms with E-state index < -0.39 is 18.0 Å². The van der Waals surface area contributed by atoms with Crippen LogP contribution in [0.25, 0.3) is 21.8 Å². The molecule has 12 rings (SSSR count). The van der Waals surface area contributed by atoms with Gasteiger partial charge in [-0.15, -0.1) is 0 Å². The van der Waals surface area contributed by atoms with E-state index in [2.05, 4.69) is 112 Å². The summed E-state index contributed by atoms with van der Waals surface area (Å²) in [5.41, 5.74) is 9.99. The van der Waals surface area contributed by atoms with Crippen LogP contribution in [0.4, 0.5) is 4.39 Å². The highest BCUT2D eigenvalue weighted by molar-refractivity contribution is 14.1. The summed E-state index contributed by atoms with van der Waals surface area (Å²) in [5, 5.41) is 2.54. The first-order valence-electron chi connectivity index (χ1n) is 20.1. The Morgan fingerprint density at radius 3 is 1.76 bits per heavy atom. The Morgan fingerprint density at radius 2 is 1.30 bits per heavy atom. The maximum absolute atomic E-state index is 13.3. The van der Waals surface area contributed by atoms with E-state index >= 15 is 0 Å². The minimum atomic E-state index is -1.00. The van der Waals surface area contributed by atoms with Crippen molar-refractivity contribution in [3.05, 3.63) is 91.3 Å². The molecule has 8 bridgehead atoms. The van der Waals surface area contributed by atoms with Crippen LogP contribution in [0, 0.1) is 22.3 Å². The highest BCUT2D eigenvalue weighted by Gasteiger charge is 2.62. The molecular weight excluding hydrogens is 794 g/mol. The van der Waals surface area contributed by atoms with Gasteiger partial charge >= 0.3 is 11.9 Å². The number of hydrogen-bond acceptors (Lipinski definition) is 6. The summed E-state index contributed by atoms with van der Waals surface area (Å²) in [6, 6.07) is 13.3. The molecule has 0 saturated carbocycles. The first-order valence-corrected chi connectivity index (χ1v) is 20.5. The summed E-state index contributed by atoms with van der Waals surface area (Å²) in [5.74, 6) is 0.683. The summed E-state index contributed by atoms with van der Waals surface area (Å²) < 4.78 is 27.6. The van der Waals surface area contributed by atoms with Gasteiger partial charge in [0.25, 0.3) is 0 Å². The number of rotatable bonds is 4. The Morgan fingerprint density at radius 1 is 0.833 bits per heavy atom. The standard InChI is InChI=1S/C22H26N2O2.C21H23IN2O2.CH3F/c1-4-15-10-14-11-22(21(25)26-3)19-16(7-8-24(12-14)20(15)22)17-9-13(2)5-6-18(17)23-19;1-3-13-8-12-10-21(20(25)26-2)18-15(6-7-24(11-12)19(13)21)16-9-14(22)4-5-17(16)23-18;1-2/h5-6,9-10,14,20,23H,4,7-8,11-12H2,1-3H3;4-5,8-9,12,19,23H,3,6-7,10-11H2,1-2H3;1H3/i;;1D. The number of aromatic amines is 2. The Kier molecular flexibility index (Phi) is 9.53. The number of carbonyl (C=O) groups is 2. The van der Waals surface area contributed by atoms with Crippen molar-refractivity contribution in [1.29, 1.82) is 0 Å². The Bertz CT molecular complexity index is 2080. The molecule has 8 heterocycles. The molecule has 8 aliphatic rings. The van der Waals surface area contributed by atoms with Crippen LogP contribution in [0.3, 0.4) is 0 Å². The summed E-state index contributed by atoms with van der Waals surface area (Å²) in [6.45, 7) is 10.7. The lowest BCUT2D eigenvalue weighted by Crippen LogP contribution is -2.63. The molecule has 8 atom stereocenters. The van der Waals surface area contributed by atoms with Crippen LogP contribution in [-0.2, 0) is 42.7 Å². The molecule has 8 nitrogen and oxygen atoms in total. The van der Waals surface area contributed by atoms with Gasteiger partial charge in [0.1, 0.15) is 10.8 Å². The van der Waals surface area contributed by atoms with Gasteiger partial charge in [0.05, 0.1) is 34.8 Å². The van der Waals surface area contributed by atoms with E-state index in [0.29, 0.717) is 11.8 Å². The van der Waals surface area contributed by atoms with Crippen LogP contribution in [0.1, 0.15) is 69.0 Å². The number of H-pyrrole nitrogens is 2. The number of piperidine rings is 2. The lowest BCUT2D eigenvalue weighted by Gasteiger charge is -2.53. The van der Waals surface area contributed by atoms with Crippen molar-refractivity contribution in [3.63, 3.8) is 0 Å². The largest absolute Gasteiger partial charge is 0.468 e. The van der Waals surface area contributed by atoms with Gasteiger partial charge in [0, 0.05) is 62.9 Å². The van der Waals surface area contributed by atoms with Crippen molar-refractivity contribution in [1.82, 2.24) is 19.8 Å². The average Bonchev–Trinajstić information content (AvgIpc) is 3.70. The third-order valence-electron chi connectivity index (χ3n) is 13.4. The molecule has 0 spiro atoms. The molecule has 2 fully saturated rings. The molecule has 6 aliphatic heterocycles. The first-order chi connectivity index (χ1) is 26.6. The number of aromatic nitrogens is 2. The SMILES string of the molecule is CCC1=CC2CN3CCc4c([nH]c5ccc(C)cc45)C(C(=O)OC)(C2)C13.CCC1=CC2CN3CCc4c([nH]c5ccc(I)cc45)C(C(=O)OC)(C2)C13.[2H]CF. The van der Waals surface area contributed by atoms with Crippen LogP contribution in [0.2, 0.25) is 0 Å². The van der Waals surface area contributed by atoms with Crippen molar-refractivity contribution >= 4 is 56.3 Å². The molecule has 0 radical (unpaired) electrons. The zero-order chi connectivity index (χ0) is 38.8. The number of alkyl halides is 1. The fraction of sp³-hybridized carbons (Fsp3) is 0.500. The molecule has 2 aliphatic carbocycles. The average molecular weight is 848 g/mol. The Hall–Kier alpha value is -3.48. The molecule has 54 heavy (non-hydrogen) atoms. The fourth-order valence-electron chi connectivity index (χ4n) is 11.6. The number of methoxy groups -OCH3 is 2. The topological polar surface area (TPSA) is 90.7 Å². The van der Waals surface area contributed by atoms with E-state index in [1.165, 1.54) is 56.4 Å². The zero-order valence-electron chi connectivity index (χ0n) is 33.0. The van der Waals surface area contributed by atoms with Gasteiger partial charge in [-0.1, -0.05) is 48.8 Å². The molecule has 8 unspecified atom stereocenters. The van der Waals surface area contributed by atoms with E-state index in [1.54, 1.807) is 0 Å². The van der Waals surface area contributed by atoms with Crippen molar-refractivity contribution < 1.29 is 24.8 Å². The number of ether oxygens (including phenoxy) is 2. The zero-order valence-corrected chi connectivity index (χ0v) is 34.1. The van der Waals surface area contributed by atoms with Gasteiger partial charge in [-0.3, -0.25) is 23.8 Å². The van der Waals surface area contributed by atoms with Gasteiger partial charge in [-0.2, -0.15) is 0 Å². The molecule has 0 amide bonds. The summed E-state index contributed by atoms with van der Waals surface area (Å²) in [6.07, 6.45) is 10.5. The van der Waals surface area contributed by atoms with Crippen LogP contribution >= 0.6 is 22.6 Å². The second-order valence-corrected chi connectivity index (χ2v) is 17.3. The van der Waals surface area contributed by atoms with Crippen LogP contribution < -0.4 is 0 Å². The number of fused-ring (bicyclic) bond motifs is 6. The molecular formula is C44H52FIN4O4. The Labute approximate surface area is 332 Å².